The van der Waals surface area contributed by atoms with E-state index in [2.05, 4.69) is 10.3 Å². The molecule has 0 spiro atoms. The highest BCUT2D eigenvalue weighted by Gasteiger charge is 2.22. The van der Waals surface area contributed by atoms with Crippen LogP contribution in [0.4, 0.5) is 5.88 Å². The minimum atomic E-state index is 0.0645. The Hall–Kier alpha value is -2.46. The van der Waals surface area contributed by atoms with Crippen molar-refractivity contribution in [3.8, 4) is 28.2 Å². The van der Waals surface area contributed by atoms with Gasteiger partial charge in [0.15, 0.2) is 11.5 Å². The molecule has 2 aromatic heterocycles. The minimum Gasteiger partial charge on any atom is -0.504 e. The van der Waals surface area contributed by atoms with E-state index in [1.54, 1.807) is 37.6 Å². The number of benzene rings is 1. The first-order chi connectivity index (χ1) is 10.2. The third kappa shape index (κ3) is 2.45. The largest absolute Gasteiger partial charge is 0.504 e. The molecule has 0 fully saturated rings. The van der Waals surface area contributed by atoms with Crippen LogP contribution in [0, 0.1) is 0 Å². The number of halogens is 1. The first kappa shape index (κ1) is 13.5. The number of anilines is 1. The monoisotopic (exact) mass is 300 g/mol. The number of aromatic nitrogens is 1. The molecule has 0 aliphatic heterocycles. The first-order valence-electron chi connectivity index (χ1n) is 6.40. The third-order valence-corrected chi connectivity index (χ3v) is 3.38. The molecule has 4 nitrogen and oxygen atoms in total. The highest BCUT2D eigenvalue weighted by atomic mass is 35.5. The van der Waals surface area contributed by atoms with Gasteiger partial charge in [0.1, 0.15) is 0 Å². The molecule has 0 atom stereocenters. The molecular weight excluding hydrogens is 288 g/mol. The zero-order chi connectivity index (χ0) is 14.8. The maximum Gasteiger partial charge on any atom is 0.205 e. The number of hydrogen-bond donors (Lipinski definition) is 2. The molecule has 0 aliphatic rings. The topological polar surface area (TPSA) is 58.3 Å². The Morgan fingerprint density at radius 1 is 1.19 bits per heavy atom. The predicted octanol–water partition coefficient (Wildman–Crippen LogP) is 4.41. The maximum atomic E-state index is 10.5. The second kappa shape index (κ2) is 5.50. The molecule has 21 heavy (non-hydrogen) atoms. The standard InChI is InChI=1S/C16H13ClN2O2/c1-18-16-13(10-4-2-6-12(17)8-10)14(20)15(21-16)11-5-3-7-19-9-11/h2-9,18,20H,1H3. The molecule has 3 rings (SSSR count). The van der Waals surface area contributed by atoms with Crippen molar-refractivity contribution >= 4 is 17.5 Å². The summed E-state index contributed by atoms with van der Waals surface area (Å²) in [6, 6.07) is 10.9. The highest BCUT2D eigenvalue weighted by Crippen LogP contribution is 2.46. The van der Waals surface area contributed by atoms with Crippen molar-refractivity contribution in [2.45, 2.75) is 0 Å². The lowest BCUT2D eigenvalue weighted by atomic mass is 10.1. The fraction of sp³-hybridized carbons (Fsp3) is 0.0625. The lowest BCUT2D eigenvalue weighted by molar-refractivity contribution is 0.466. The van der Waals surface area contributed by atoms with E-state index < -0.39 is 0 Å². The van der Waals surface area contributed by atoms with E-state index in [-0.39, 0.29) is 5.75 Å². The molecule has 0 radical (unpaired) electrons. The van der Waals surface area contributed by atoms with Crippen molar-refractivity contribution in [1.82, 2.24) is 4.98 Å². The first-order valence-corrected chi connectivity index (χ1v) is 6.78. The van der Waals surface area contributed by atoms with E-state index in [0.717, 1.165) is 5.56 Å². The summed E-state index contributed by atoms with van der Waals surface area (Å²) >= 11 is 6.02. The number of nitrogens with one attached hydrogen (secondary N) is 1. The molecule has 0 saturated heterocycles. The molecular formula is C16H13ClN2O2. The molecule has 2 N–H and O–H groups in total. The number of rotatable bonds is 3. The van der Waals surface area contributed by atoms with Gasteiger partial charge in [-0.2, -0.15) is 0 Å². The van der Waals surface area contributed by atoms with Gasteiger partial charge >= 0.3 is 0 Å². The Labute approximate surface area is 127 Å². The van der Waals surface area contributed by atoms with Gasteiger partial charge in [-0.25, -0.2) is 0 Å². The van der Waals surface area contributed by atoms with Crippen molar-refractivity contribution in [3.63, 3.8) is 0 Å². The van der Waals surface area contributed by atoms with Gasteiger partial charge < -0.3 is 14.8 Å². The molecule has 0 amide bonds. The second-order valence-corrected chi connectivity index (χ2v) is 4.92. The van der Waals surface area contributed by atoms with Crippen LogP contribution < -0.4 is 5.32 Å². The van der Waals surface area contributed by atoms with Crippen LogP contribution in [0.2, 0.25) is 5.02 Å². The lowest BCUT2D eigenvalue weighted by Gasteiger charge is -2.02. The fourth-order valence-electron chi connectivity index (χ4n) is 2.20. The fourth-order valence-corrected chi connectivity index (χ4v) is 2.39. The smallest absolute Gasteiger partial charge is 0.205 e. The van der Waals surface area contributed by atoms with E-state index in [1.165, 1.54) is 0 Å². The minimum absolute atomic E-state index is 0.0645. The summed E-state index contributed by atoms with van der Waals surface area (Å²) < 4.78 is 5.73. The van der Waals surface area contributed by atoms with Gasteiger partial charge in [-0.1, -0.05) is 23.7 Å². The SMILES string of the molecule is CNc1oc(-c2cccnc2)c(O)c1-c1cccc(Cl)c1. The van der Waals surface area contributed by atoms with Crippen LogP contribution in [0.3, 0.4) is 0 Å². The molecule has 2 heterocycles. The van der Waals surface area contributed by atoms with Gasteiger partial charge in [0, 0.05) is 30.0 Å². The van der Waals surface area contributed by atoms with Gasteiger partial charge in [0.2, 0.25) is 5.88 Å². The Kier molecular flexibility index (Phi) is 3.54. The van der Waals surface area contributed by atoms with Gasteiger partial charge in [0.25, 0.3) is 0 Å². The number of pyridine rings is 1. The van der Waals surface area contributed by atoms with E-state index in [4.69, 9.17) is 16.0 Å². The van der Waals surface area contributed by atoms with E-state index in [1.807, 2.05) is 18.2 Å². The molecule has 0 saturated carbocycles. The second-order valence-electron chi connectivity index (χ2n) is 4.49. The molecule has 0 aliphatic carbocycles. The summed E-state index contributed by atoms with van der Waals surface area (Å²) in [5.74, 6) is 0.922. The lowest BCUT2D eigenvalue weighted by Crippen LogP contribution is -1.87. The molecule has 1 aromatic carbocycles. The maximum absolute atomic E-state index is 10.5. The molecule has 106 valence electrons. The van der Waals surface area contributed by atoms with Crippen LogP contribution in [0.5, 0.6) is 5.75 Å². The summed E-state index contributed by atoms with van der Waals surface area (Å²) in [5, 5.41) is 14.1. The Balaban J connectivity index is 2.20. The van der Waals surface area contributed by atoms with Crippen molar-refractivity contribution in [2.24, 2.45) is 0 Å². The van der Waals surface area contributed by atoms with Crippen LogP contribution in [-0.2, 0) is 0 Å². The average molecular weight is 301 g/mol. The Morgan fingerprint density at radius 3 is 2.67 bits per heavy atom. The zero-order valence-corrected chi connectivity index (χ0v) is 12.1. The van der Waals surface area contributed by atoms with Crippen molar-refractivity contribution < 1.29 is 9.52 Å². The van der Waals surface area contributed by atoms with Crippen LogP contribution >= 0.6 is 11.6 Å². The summed E-state index contributed by atoms with van der Waals surface area (Å²) in [6.07, 6.45) is 3.31. The number of hydrogen-bond acceptors (Lipinski definition) is 4. The van der Waals surface area contributed by atoms with Crippen LogP contribution in [-0.4, -0.2) is 17.1 Å². The zero-order valence-electron chi connectivity index (χ0n) is 11.3. The number of aromatic hydroxyl groups is 1. The van der Waals surface area contributed by atoms with Gasteiger partial charge in [-0.05, 0) is 29.8 Å². The van der Waals surface area contributed by atoms with E-state index in [9.17, 15) is 5.11 Å². The molecule has 3 aromatic rings. The van der Waals surface area contributed by atoms with Gasteiger partial charge in [-0.15, -0.1) is 0 Å². The molecule has 0 unspecified atom stereocenters. The van der Waals surface area contributed by atoms with Crippen LogP contribution in [0.25, 0.3) is 22.5 Å². The number of furan rings is 1. The Morgan fingerprint density at radius 2 is 2.00 bits per heavy atom. The normalized spacial score (nSPS) is 10.6. The van der Waals surface area contributed by atoms with Crippen molar-refractivity contribution in [1.29, 1.82) is 0 Å². The number of nitrogens with zero attached hydrogens (tertiary/aromatic N) is 1. The van der Waals surface area contributed by atoms with Crippen molar-refractivity contribution in [2.75, 3.05) is 12.4 Å². The van der Waals surface area contributed by atoms with Crippen LogP contribution in [0.15, 0.2) is 53.2 Å². The molecule has 0 bridgehead atoms. The average Bonchev–Trinajstić information content (AvgIpc) is 2.85. The third-order valence-electron chi connectivity index (χ3n) is 3.15. The quantitative estimate of drug-likeness (QED) is 0.752. The van der Waals surface area contributed by atoms with Gasteiger partial charge in [-0.3, -0.25) is 4.98 Å². The van der Waals surface area contributed by atoms with Gasteiger partial charge in [0.05, 0.1) is 5.56 Å². The van der Waals surface area contributed by atoms with E-state index >= 15 is 0 Å². The summed E-state index contributed by atoms with van der Waals surface area (Å²) in [5.41, 5.74) is 2.07. The summed E-state index contributed by atoms with van der Waals surface area (Å²) in [4.78, 5) is 4.04. The molecule has 5 heteroatoms. The predicted molar refractivity (Wildman–Crippen MR) is 83.6 cm³/mol. The Bertz CT molecular complexity index is 769. The summed E-state index contributed by atoms with van der Waals surface area (Å²) in [7, 11) is 1.74. The van der Waals surface area contributed by atoms with E-state index in [0.29, 0.717) is 27.8 Å². The van der Waals surface area contributed by atoms with Crippen LogP contribution in [0.1, 0.15) is 0 Å². The highest BCUT2D eigenvalue weighted by molar-refractivity contribution is 6.30. The van der Waals surface area contributed by atoms with Crippen molar-refractivity contribution in [3.05, 3.63) is 53.8 Å². The summed E-state index contributed by atoms with van der Waals surface area (Å²) in [6.45, 7) is 0.